The third kappa shape index (κ3) is 3.76. The normalized spacial score (nSPS) is 17.2. The molecule has 1 aromatic carbocycles. The number of halogens is 5. The second kappa shape index (κ2) is 6.62. The van der Waals surface area contributed by atoms with Crippen LogP contribution in [0.15, 0.2) is 18.2 Å². The zero-order valence-corrected chi connectivity index (χ0v) is 13.5. The Hall–Kier alpha value is -2.16. The smallest absolute Gasteiger partial charge is 0.345 e. The topological polar surface area (TPSA) is 59.8 Å². The lowest BCUT2D eigenvalue weighted by molar-refractivity contribution is -0.182. The molecule has 5 nitrogen and oxygen atoms in total. The largest absolute Gasteiger partial charge is 0.393 e. The van der Waals surface area contributed by atoms with Crippen LogP contribution in [0.25, 0.3) is 0 Å². The first-order chi connectivity index (χ1) is 11.8. The van der Waals surface area contributed by atoms with Crippen molar-refractivity contribution in [1.29, 1.82) is 0 Å². The van der Waals surface area contributed by atoms with Gasteiger partial charge in [0.1, 0.15) is 11.6 Å². The zero-order valence-electron chi connectivity index (χ0n) is 12.8. The van der Waals surface area contributed by atoms with Gasteiger partial charge in [-0.25, -0.2) is 4.39 Å². The first-order valence-electron chi connectivity index (χ1n) is 7.46. The number of carbonyl (C=O) groups excluding carboxylic acids is 1. The quantitative estimate of drug-likeness (QED) is 0.837. The van der Waals surface area contributed by atoms with Crippen LogP contribution in [0.1, 0.15) is 28.4 Å². The maximum Gasteiger partial charge on any atom is 0.393 e. The van der Waals surface area contributed by atoms with E-state index in [1.54, 1.807) is 0 Å². The molecule has 0 bridgehead atoms. The van der Waals surface area contributed by atoms with E-state index in [4.69, 9.17) is 11.6 Å². The molecule has 3 rings (SSSR count). The molecule has 0 unspecified atom stereocenters. The summed E-state index contributed by atoms with van der Waals surface area (Å²) in [7, 11) is 0. The van der Waals surface area contributed by atoms with E-state index in [1.807, 2.05) is 0 Å². The van der Waals surface area contributed by atoms with Crippen LogP contribution in [0.2, 0.25) is 5.02 Å². The molecule has 0 spiro atoms. The van der Waals surface area contributed by atoms with E-state index in [0.717, 1.165) is 6.07 Å². The Morgan fingerprint density at radius 2 is 2.12 bits per heavy atom. The summed E-state index contributed by atoms with van der Waals surface area (Å²) in [5, 5.41) is 10.1. The number of amides is 1. The lowest BCUT2D eigenvalue weighted by atomic mass is 9.99. The van der Waals surface area contributed by atoms with Gasteiger partial charge >= 0.3 is 6.18 Å². The lowest BCUT2D eigenvalue weighted by Crippen LogP contribution is -2.34. The highest BCUT2D eigenvalue weighted by Crippen LogP contribution is 2.34. The van der Waals surface area contributed by atoms with Crippen LogP contribution in [-0.4, -0.2) is 26.8 Å². The van der Waals surface area contributed by atoms with Crippen molar-refractivity contribution in [3.05, 3.63) is 46.3 Å². The molecule has 0 aliphatic carbocycles. The summed E-state index contributed by atoms with van der Waals surface area (Å²) in [5.74, 6) is -1.94. The van der Waals surface area contributed by atoms with Gasteiger partial charge in [0.25, 0.3) is 5.91 Å². The third-order valence-corrected chi connectivity index (χ3v) is 4.36. The van der Waals surface area contributed by atoms with Crippen LogP contribution in [0.5, 0.6) is 0 Å². The summed E-state index contributed by atoms with van der Waals surface area (Å²) in [4.78, 5) is 12.1. The summed E-state index contributed by atoms with van der Waals surface area (Å²) >= 11 is 5.62. The molecule has 25 heavy (non-hydrogen) atoms. The molecule has 0 saturated heterocycles. The standard InChI is InChI=1S/C15H13ClF4N4O/c16-10-5-8(1-3-11(10)17)14(25)21-6-13-23-22-12-4-2-9(7-24(12)13)15(18,19)20/h1,3,5,9H,2,4,6-7H2,(H,21,25)/t9-/m1/s1. The maximum atomic E-state index is 13.1. The van der Waals surface area contributed by atoms with Gasteiger partial charge in [-0.05, 0) is 24.6 Å². The van der Waals surface area contributed by atoms with Crippen molar-refractivity contribution >= 4 is 17.5 Å². The predicted octanol–water partition coefficient (Wildman–Crippen LogP) is 3.13. The molecule has 1 N–H and O–H groups in total. The summed E-state index contributed by atoms with van der Waals surface area (Å²) in [6, 6.07) is 3.49. The predicted molar refractivity (Wildman–Crippen MR) is 80.5 cm³/mol. The molecule has 1 aliphatic heterocycles. The van der Waals surface area contributed by atoms with Gasteiger partial charge in [-0.15, -0.1) is 10.2 Å². The molecule has 134 valence electrons. The first-order valence-corrected chi connectivity index (χ1v) is 7.84. The molecule has 0 saturated carbocycles. The maximum absolute atomic E-state index is 13.1. The average Bonchev–Trinajstić information content (AvgIpc) is 2.96. The number of aromatic nitrogens is 3. The van der Waals surface area contributed by atoms with Crippen molar-refractivity contribution in [1.82, 2.24) is 20.1 Å². The van der Waals surface area contributed by atoms with Crippen LogP contribution in [0.3, 0.4) is 0 Å². The summed E-state index contributed by atoms with van der Waals surface area (Å²) in [6.07, 6.45) is -4.13. The molecule has 0 radical (unpaired) electrons. The van der Waals surface area contributed by atoms with E-state index in [1.165, 1.54) is 16.7 Å². The molecule has 1 aromatic heterocycles. The summed E-state index contributed by atoms with van der Waals surface area (Å²) in [5.41, 5.74) is 0.137. The van der Waals surface area contributed by atoms with Crippen molar-refractivity contribution in [2.24, 2.45) is 5.92 Å². The minimum Gasteiger partial charge on any atom is -0.345 e. The van der Waals surface area contributed by atoms with E-state index in [2.05, 4.69) is 15.5 Å². The van der Waals surface area contributed by atoms with E-state index < -0.39 is 23.8 Å². The van der Waals surface area contributed by atoms with Gasteiger partial charge in [0.15, 0.2) is 5.82 Å². The first kappa shape index (κ1) is 17.7. The molecule has 2 heterocycles. The highest BCUT2D eigenvalue weighted by atomic mass is 35.5. The van der Waals surface area contributed by atoms with Crippen LogP contribution < -0.4 is 5.32 Å². The second-order valence-electron chi connectivity index (χ2n) is 5.73. The number of fused-ring (bicyclic) bond motifs is 1. The van der Waals surface area contributed by atoms with Gasteiger partial charge < -0.3 is 9.88 Å². The number of alkyl halides is 3. The molecular formula is C15H13ClF4N4O. The number of carbonyl (C=O) groups is 1. The number of hydrogen-bond acceptors (Lipinski definition) is 3. The number of hydrogen-bond donors (Lipinski definition) is 1. The van der Waals surface area contributed by atoms with Gasteiger partial charge in [0.05, 0.1) is 17.5 Å². The van der Waals surface area contributed by atoms with Gasteiger partial charge in [-0.3, -0.25) is 4.79 Å². The Morgan fingerprint density at radius 3 is 2.80 bits per heavy atom. The average molecular weight is 377 g/mol. The number of aryl methyl sites for hydroxylation is 1. The Balaban J connectivity index is 1.69. The highest BCUT2D eigenvalue weighted by molar-refractivity contribution is 6.31. The van der Waals surface area contributed by atoms with Gasteiger partial charge in [-0.2, -0.15) is 13.2 Å². The number of nitrogens with one attached hydrogen (secondary N) is 1. The van der Waals surface area contributed by atoms with Crippen molar-refractivity contribution in [3.8, 4) is 0 Å². The Bertz CT molecular complexity index is 805. The number of nitrogens with zero attached hydrogens (tertiary/aromatic N) is 3. The van der Waals surface area contributed by atoms with Crippen molar-refractivity contribution < 1.29 is 22.4 Å². The lowest BCUT2D eigenvalue weighted by Gasteiger charge is -2.26. The number of benzene rings is 1. The molecule has 0 fully saturated rings. The van der Waals surface area contributed by atoms with Crippen molar-refractivity contribution in [3.63, 3.8) is 0 Å². The second-order valence-corrected chi connectivity index (χ2v) is 6.14. The van der Waals surface area contributed by atoms with Gasteiger partial charge in [0.2, 0.25) is 0 Å². The fraction of sp³-hybridized carbons (Fsp3) is 0.400. The van der Waals surface area contributed by atoms with Crippen LogP contribution >= 0.6 is 11.6 Å². The highest BCUT2D eigenvalue weighted by Gasteiger charge is 2.42. The van der Waals surface area contributed by atoms with E-state index in [-0.39, 0.29) is 42.3 Å². The third-order valence-electron chi connectivity index (χ3n) is 4.08. The molecule has 2 aromatic rings. The Morgan fingerprint density at radius 1 is 1.36 bits per heavy atom. The Kier molecular flexibility index (Phi) is 4.68. The van der Waals surface area contributed by atoms with Gasteiger partial charge in [0, 0.05) is 18.5 Å². The van der Waals surface area contributed by atoms with Crippen molar-refractivity contribution in [2.75, 3.05) is 0 Å². The van der Waals surface area contributed by atoms with Crippen LogP contribution in [0, 0.1) is 11.7 Å². The molecule has 10 heteroatoms. The van der Waals surface area contributed by atoms with Crippen LogP contribution in [0.4, 0.5) is 17.6 Å². The van der Waals surface area contributed by atoms with Gasteiger partial charge in [-0.1, -0.05) is 11.6 Å². The fourth-order valence-corrected chi connectivity index (χ4v) is 2.86. The molecule has 1 atom stereocenters. The molecular weight excluding hydrogens is 364 g/mol. The van der Waals surface area contributed by atoms with E-state index in [0.29, 0.717) is 5.82 Å². The monoisotopic (exact) mass is 376 g/mol. The zero-order chi connectivity index (χ0) is 18.2. The molecule has 1 amide bonds. The number of rotatable bonds is 3. The minimum absolute atomic E-state index is 0.0257. The minimum atomic E-state index is -4.28. The fourth-order valence-electron chi connectivity index (χ4n) is 2.68. The van der Waals surface area contributed by atoms with E-state index >= 15 is 0 Å². The van der Waals surface area contributed by atoms with Crippen LogP contribution in [-0.2, 0) is 19.5 Å². The molecule has 1 aliphatic rings. The Labute approximate surface area is 145 Å². The summed E-state index contributed by atoms with van der Waals surface area (Å²) < 4.78 is 53.2. The SMILES string of the molecule is O=C(NCc1nnc2n1C[C@H](C(F)(F)F)CC2)c1ccc(F)c(Cl)c1. The summed E-state index contributed by atoms with van der Waals surface area (Å²) in [6.45, 7) is -0.356. The van der Waals surface area contributed by atoms with Crippen molar-refractivity contribution in [2.45, 2.75) is 32.1 Å². The van der Waals surface area contributed by atoms with E-state index in [9.17, 15) is 22.4 Å².